The maximum atomic E-state index is 4.02. The van der Waals surface area contributed by atoms with Crippen LogP contribution in [0.15, 0.2) is 12.4 Å². The molecule has 0 aromatic carbocycles. The number of hydrogen-bond donors (Lipinski definition) is 1. The molecule has 1 fully saturated rings. The van der Waals surface area contributed by atoms with Gasteiger partial charge in [-0.2, -0.15) is 0 Å². The van der Waals surface area contributed by atoms with E-state index in [0.29, 0.717) is 0 Å². The molecule has 1 aliphatic heterocycles. The topological polar surface area (TPSA) is 15.3 Å². The third kappa shape index (κ3) is 2.76. The van der Waals surface area contributed by atoms with E-state index in [9.17, 15) is 0 Å². The highest BCUT2D eigenvalue weighted by Gasteiger charge is 2.11. The molecule has 2 nitrogen and oxygen atoms in total. The zero-order valence-electron chi connectivity index (χ0n) is 8.10. The second kappa shape index (κ2) is 5.07. The third-order valence-corrected chi connectivity index (χ3v) is 2.35. The number of likely N-dealkylation sites (tertiary alicyclic amines) is 1. The Morgan fingerprint density at radius 2 is 2.08 bits per heavy atom. The van der Waals surface area contributed by atoms with Gasteiger partial charge >= 0.3 is 0 Å². The van der Waals surface area contributed by atoms with E-state index in [1.165, 1.54) is 38.8 Å². The molecule has 0 atom stereocenters. The first-order valence-electron chi connectivity index (χ1n) is 5.02. The van der Waals surface area contributed by atoms with Crippen LogP contribution in [0.4, 0.5) is 0 Å². The lowest BCUT2D eigenvalue weighted by Gasteiger charge is -2.21. The monoisotopic (exact) mass is 168 g/mol. The van der Waals surface area contributed by atoms with Crippen LogP contribution in [0.25, 0.3) is 0 Å². The molecule has 1 aliphatic rings. The third-order valence-electron chi connectivity index (χ3n) is 2.35. The van der Waals surface area contributed by atoms with Crippen LogP contribution >= 0.6 is 0 Å². The molecule has 0 amide bonds. The Hall–Kier alpha value is -0.660. The van der Waals surface area contributed by atoms with Crippen molar-refractivity contribution in [3.05, 3.63) is 12.4 Å². The van der Waals surface area contributed by atoms with Crippen molar-refractivity contribution in [3.8, 4) is 0 Å². The van der Waals surface area contributed by atoms with Gasteiger partial charge in [0.05, 0.1) is 5.82 Å². The van der Waals surface area contributed by atoms with Crippen LogP contribution in [0.1, 0.15) is 32.6 Å². The first-order valence-corrected chi connectivity index (χ1v) is 5.02. The molecule has 0 unspecified atom stereocenters. The van der Waals surface area contributed by atoms with Gasteiger partial charge in [0.15, 0.2) is 0 Å². The van der Waals surface area contributed by atoms with Crippen LogP contribution in [0.3, 0.4) is 0 Å². The lowest BCUT2D eigenvalue weighted by atomic mass is 10.3. The summed E-state index contributed by atoms with van der Waals surface area (Å²) in [4.78, 5) is 2.34. The number of nitrogens with zero attached hydrogens (tertiary/aromatic N) is 1. The molecule has 70 valence electrons. The Morgan fingerprint density at radius 3 is 2.67 bits per heavy atom. The van der Waals surface area contributed by atoms with Crippen molar-refractivity contribution < 1.29 is 0 Å². The summed E-state index contributed by atoms with van der Waals surface area (Å²) in [5, 5.41) is 3.36. The highest BCUT2D eigenvalue weighted by atomic mass is 15.2. The molecule has 0 aromatic heterocycles. The Morgan fingerprint density at radius 1 is 1.42 bits per heavy atom. The van der Waals surface area contributed by atoms with Gasteiger partial charge in [0, 0.05) is 19.6 Å². The number of rotatable bonds is 5. The van der Waals surface area contributed by atoms with Crippen LogP contribution in [0, 0.1) is 0 Å². The van der Waals surface area contributed by atoms with E-state index in [2.05, 4.69) is 23.7 Å². The smallest absolute Gasteiger partial charge is 0.0938 e. The Kier molecular flexibility index (Phi) is 3.98. The number of hydrogen-bond acceptors (Lipinski definition) is 2. The quantitative estimate of drug-likeness (QED) is 0.631. The summed E-state index contributed by atoms with van der Waals surface area (Å²) in [6.07, 6.45) is 5.15. The number of nitrogens with one attached hydrogen (secondary N) is 1. The molecule has 0 spiro atoms. The molecular formula is C10H20N2. The van der Waals surface area contributed by atoms with Gasteiger partial charge in [-0.1, -0.05) is 19.9 Å². The second-order valence-corrected chi connectivity index (χ2v) is 3.42. The van der Waals surface area contributed by atoms with E-state index in [1.807, 2.05) is 0 Å². The Labute approximate surface area is 75.6 Å². The summed E-state index contributed by atoms with van der Waals surface area (Å²) in [5.74, 6) is 1.13. The van der Waals surface area contributed by atoms with E-state index in [0.717, 1.165) is 12.4 Å². The van der Waals surface area contributed by atoms with Crippen molar-refractivity contribution in [1.29, 1.82) is 0 Å². The minimum absolute atomic E-state index is 1.08. The molecule has 1 N–H and O–H groups in total. The van der Waals surface area contributed by atoms with Gasteiger partial charge in [0.2, 0.25) is 0 Å². The molecule has 0 bridgehead atoms. The Balaban J connectivity index is 2.10. The number of unbranched alkanes of at least 4 members (excludes halogenated alkanes) is 1. The summed E-state index contributed by atoms with van der Waals surface area (Å²) in [7, 11) is 0. The van der Waals surface area contributed by atoms with E-state index in [4.69, 9.17) is 0 Å². The fraction of sp³-hybridized carbons (Fsp3) is 0.800. The van der Waals surface area contributed by atoms with Crippen LogP contribution in [-0.4, -0.2) is 24.5 Å². The maximum Gasteiger partial charge on any atom is 0.0938 e. The molecule has 0 aliphatic carbocycles. The highest BCUT2D eigenvalue weighted by molar-refractivity contribution is 4.93. The van der Waals surface area contributed by atoms with Crippen molar-refractivity contribution in [2.45, 2.75) is 32.6 Å². The van der Waals surface area contributed by atoms with E-state index in [-0.39, 0.29) is 0 Å². The normalized spacial score (nSPS) is 16.6. The van der Waals surface area contributed by atoms with Crippen LogP contribution < -0.4 is 5.32 Å². The van der Waals surface area contributed by atoms with Gasteiger partial charge in [-0.05, 0) is 19.3 Å². The van der Waals surface area contributed by atoms with Crippen molar-refractivity contribution in [3.63, 3.8) is 0 Å². The van der Waals surface area contributed by atoms with Crippen molar-refractivity contribution >= 4 is 0 Å². The first-order chi connectivity index (χ1) is 5.84. The molecule has 0 saturated carbocycles. The van der Waals surface area contributed by atoms with Gasteiger partial charge < -0.3 is 10.2 Å². The standard InChI is InChI=1S/C10H20N2/c1-3-4-7-11-10(2)12-8-5-6-9-12/h11H,2-9H2,1H3. The summed E-state index contributed by atoms with van der Waals surface area (Å²) >= 11 is 0. The van der Waals surface area contributed by atoms with E-state index < -0.39 is 0 Å². The van der Waals surface area contributed by atoms with Gasteiger partial charge in [-0.3, -0.25) is 0 Å². The van der Waals surface area contributed by atoms with Crippen molar-refractivity contribution in [2.24, 2.45) is 0 Å². The highest BCUT2D eigenvalue weighted by Crippen LogP contribution is 2.10. The lowest BCUT2D eigenvalue weighted by Crippen LogP contribution is -2.29. The predicted octanol–water partition coefficient (Wildman–Crippen LogP) is 1.94. The molecule has 12 heavy (non-hydrogen) atoms. The van der Waals surface area contributed by atoms with E-state index >= 15 is 0 Å². The molecule has 2 heteroatoms. The van der Waals surface area contributed by atoms with Gasteiger partial charge in [0.25, 0.3) is 0 Å². The molecule has 1 rings (SSSR count). The summed E-state index contributed by atoms with van der Waals surface area (Å²) in [6.45, 7) is 9.69. The average Bonchev–Trinajstić information content (AvgIpc) is 2.56. The van der Waals surface area contributed by atoms with Crippen molar-refractivity contribution in [2.75, 3.05) is 19.6 Å². The molecule has 1 saturated heterocycles. The summed E-state index contributed by atoms with van der Waals surface area (Å²) in [5.41, 5.74) is 0. The second-order valence-electron chi connectivity index (χ2n) is 3.42. The van der Waals surface area contributed by atoms with Crippen molar-refractivity contribution in [1.82, 2.24) is 10.2 Å². The fourth-order valence-electron chi connectivity index (χ4n) is 1.51. The van der Waals surface area contributed by atoms with Crippen LogP contribution in [-0.2, 0) is 0 Å². The van der Waals surface area contributed by atoms with E-state index in [1.54, 1.807) is 0 Å². The minimum atomic E-state index is 1.08. The average molecular weight is 168 g/mol. The Bertz CT molecular complexity index is 137. The first kappa shape index (κ1) is 9.43. The predicted molar refractivity (Wildman–Crippen MR) is 52.9 cm³/mol. The summed E-state index contributed by atoms with van der Waals surface area (Å²) < 4.78 is 0. The molecule has 1 heterocycles. The van der Waals surface area contributed by atoms with Crippen LogP contribution in [0.2, 0.25) is 0 Å². The molecule has 0 aromatic rings. The SMILES string of the molecule is C=C(NCCCC)N1CCCC1. The summed E-state index contributed by atoms with van der Waals surface area (Å²) in [6, 6.07) is 0. The van der Waals surface area contributed by atoms with Gasteiger partial charge in [0.1, 0.15) is 0 Å². The van der Waals surface area contributed by atoms with Gasteiger partial charge in [-0.15, -0.1) is 0 Å². The minimum Gasteiger partial charge on any atom is -0.372 e. The van der Waals surface area contributed by atoms with Gasteiger partial charge in [-0.25, -0.2) is 0 Å². The maximum absolute atomic E-state index is 4.02. The molecule has 0 radical (unpaired) electrons. The lowest BCUT2D eigenvalue weighted by molar-refractivity contribution is 0.390. The zero-order chi connectivity index (χ0) is 8.81. The molecular weight excluding hydrogens is 148 g/mol. The largest absolute Gasteiger partial charge is 0.372 e. The van der Waals surface area contributed by atoms with Crippen LogP contribution in [0.5, 0.6) is 0 Å². The zero-order valence-corrected chi connectivity index (χ0v) is 8.10. The fourth-order valence-corrected chi connectivity index (χ4v) is 1.51.